The van der Waals surface area contributed by atoms with E-state index in [1.807, 2.05) is 0 Å². The quantitative estimate of drug-likeness (QED) is 0.368. The van der Waals surface area contributed by atoms with Crippen molar-refractivity contribution in [1.82, 2.24) is 0 Å². The van der Waals surface area contributed by atoms with E-state index in [9.17, 15) is 4.79 Å². The lowest BCUT2D eigenvalue weighted by molar-refractivity contribution is -0.140. The maximum absolute atomic E-state index is 9.89. The Morgan fingerprint density at radius 2 is 2.57 bits per heavy atom. The maximum atomic E-state index is 9.89. The minimum absolute atomic E-state index is 0.0648. The summed E-state index contributed by atoms with van der Waals surface area (Å²) >= 11 is 0. The van der Waals surface area contributed by atoms with Gasteiger partial charge in [-0.2, -0.15) is 0 Å². The van der Waals surface area contributed by atoms with Gasteiger partial charge in [0.15, 0.2) is 6.73 Å². The Hall–Kier alpha value is -0.860. The number of hydrogen-bond acceptors (Lipinski definition) is 3. The van der Waals surface area contributed by atoms with Crippen LogP contribution in [0.1, 0.15) is 6.92 Å². The first-order valence-corrected chi connectivity index (χ1v) is 1.83. The van der Waals surface area contributed by atoms with E-state index in [4.69, 9.17) is 0 Å². The van der Waals surface area contributed by atoms with Crippen molar-refractivity contribution in [2.75, 3.05) is 6.73 Å². The Morgan fingerprint density at radius 1 is 2.00 bits per heavy atom. The standard InChI is InChI=1S/C4H7NO2/c1-4(6)7-3-5-2/h2-3H2,1H3. The SMILES string of the molecule is C=NCOC(C)=O. The molecule has 3 heteroatoms. The van der Waals surface area contributed by atoms with Crippen molar-refractivity contribution < 1.29 is 9.53 Å². The van der Waals surface area contributed by atoms with Crippen molar-refractivity contribution in [3.8, 4) is 0 Å². The summed E-state index contributed by atoms with van der Waals surface area (Å²) in [6.07, 6.45) is 0. The van der Waals surface area contributed by atoms with Crippen LogP contribution in [-0.2, 0) is 9.53 Å². The fraction of sp³-hybridized carbons (Fsp3) is 0.500. The van der Waals surface area contributed by atoms with Gasteiger partial charge in [-0.1, -0.05) is 0 Å². The molecule has 0 aliphatic rings. The van der Waals surface area contributed by atoms with Crippen LogP contribution in [0.25, 0.3) is 0 Å². The fourth-order valence-electron chi connectivity index (χ4n) is 0.137. The van der Waals surface area contributed by atoms with E-state index in [1.54, 1.807) is 0 Å². The predicted molar refractivity (Wildman–Crippen MR) is 26.2 cm³/mol. The molecule has 0 aromatic rings. The van der Waals surface area contributed by atoms with Gasteiger partial charge in [-0.25, -0.2) is 0 Å². The molecular weight excluding hydrogens is 94.0 g/mol. The Balaban J connectivity index is 2.97. The van der Waals surface area contributed by atoms with Gasteiger partial charge in [-0.15, -0.1) is 0 Å². The Bertz CT molecular complexity index is 79.8. The van der Waals surface area contributed by atoms with Crippen molar-refractivity contribution in [2.24, 2.45) is 4.99 Å². The zero-order valence-electron chi connectivity index (χ0n) is 4.18. The molecule has 0 aliphatic carbocycles. The highest BCUT2D eigenvalue weighted by Crippen LogP contribution is 1.72. The van der Waals surface area contributed by atoms with Crippen molar-refractivity contribution >= 4 is 12.7 Å². The maximum Gasteiger partial charge on any atom is 0.304 e. The number of nitrogens with zero attached hydrogens (tertiary/aromatic N) is 1. The molecule has 0 amide bonds. The first-order valence-electron chi connectivity index (χ1n) is 1.83. The number of aliphatic imine (C=N–C) groups is 1. The smallest absolute Gasteiger partial charge is 0.304 e. The number of hydrogen-bond donors (Lipinski definition) is 0. The molecule has 0 saturated carbocycles. The predicted octanol–water partition coefficient (Wildman–Crippen LogP) is 0.208. The van der Waals surface area contributed by atoms with Crippen LogP contribution >= 0.6 is 0 Å². The lowest BCUT2D eigenvalue weighted by Crippen LogP contribution is -1.96. The number of esters is 1. The molecule has 7 heavy (non-hydrogen) atoms. The van der Waals surface area contributed by atoms with Crippen molar-refractivity contribution in [3.05, 3.63) is 0 Å². The molecule has 0 atom stereocenters. The average molecular weight is 101 g/mol. The Kier molecular flexibility index (Phi) is 2.92. The zero-order chi connectivity index (χ0) is 5.70. The van der Waals surface area contributed by atoms with E-state index in [0.717, 1.165) is 0 Å². The minimum Gasteiger partial charge on any atom is -0.443 e. The lowest BCUT2D eigenvalue weighted by atomic mass is 10.8. The molecule has 0 radical (unpaired) electrons. The van der Waals surface area contributed by atoms with E-state index >= 15 is 0 Å². The van der Waals surface area contributed by atoms with Crippen LogP contribution in [-0.4, -0.2) is 19.4 Å². The summed E-state index contributed by atoms with van der Waals surface area (Å²) in [5.74, 6) is -0.326. The van der Waals surface area contributed by atoms with Crippen molar-refractivity contribution in [2.45, 2.75) is 6.92 Å². The first-order chi connectivity index (χ1) is 3.27. The topological polar surface area (TPSA) is 38.7 Å². The Morgan fingerprint density at radius 3 is 2.71 bits per heavy atom. The Labute approximate surface area is 42.0 Å². The molecule has 0 bridgehead atoms. The third kappa shape index (κ3) is 5.14. The van der Waals surface area contributed by atoms with Gasteiger partial charge in [-0.3, -0.25) is 9.79 Å². The van der Waals surface area contributed by atoms with Crippen molar-refractivity contribution in [3.63, 3.8) is 0 Å². The summed E-state index contributed by atoms with van der Waals surface area (Å²) in [4.78, 5) is 13.2. The van der Waals surface area contributed by atoms with Gasteiger partial charge in [0.1, 0.15) is 0 Å². The van der Waals surface area contributed by atoms with Crippen LogP contribution in [0, 0.1) is 0 Å². The molecule has 0 heterocycles. The van der Waals surface area contributed by atoms with E-state index in [2.05, 4.69) is 16.4 Å². The van der Waals surface area contributed by atoms with Crippen LogP contribution in [0.15, 0.2) is 4.99 Å². The molecule has 0 unspecified atom stereocenters. The van der Waals surface area contributed by atoms with Crippen LogP contribution in [0.3, 0.4) is 0 Å². The number of carbonyl (C=O) groups excluding carboxylic acids is 1. The molecule has 0 fully saturated rings. The molecule has 0 aliphatic heterocycles. The van der Waals surface area contributed by atoms with E-state index in [1.165, 1.54) is 6.92 Å². The van der Waals surface area contributed by atoms with Gasteiger partial charge in [0, 0.05) is 6.92 Å². The van der Waals surface area contributed by atoms with Gasteiger partial charge >= 0.3 is 5.97 Å². The molecule has 0 spiro atoms. The van der Waals surface area contributed by atoms with Crippen molar-refractivity contribution in [1.29, 1.82) is 0 Å². The highest BCUT2D eigenvalue weighted by Gasteiger charge is 1.83. The van der Waals surface area contributed by atoms with Gasteiger partial charge in [-0.05, 0) is 6.72 Å². The summed E-state index contributed by atoms with van der Waals surface area (Å²) in [6, 6.07) is 0. The molecule has 40 valence electrons. The number of carbonyl (C=O) groups is 1. The van der Waals surface area contributed by atoms with E-state index in [0.29, 0.717) is 0 Å². The number of ether oxygens (including phenoxy) is 1. The molecule has 0 aromatic heterocycles. The van der Waals surface area contributed by atoms with Gasteiger partial charge in [0.05, 0.1) is 0 Å². The van der Waals surface area contributed by atoms with E-state index in [-0.39, 0.29) is 12.7 Å². The average Bonchev–Trinajstić information content (AvgIpc) is 1.61. The first kappa shape index (κ1) is 6.14. The van der Waals surface area contributed by atoms with Crippen LogP contribution < -0.4 is 0 Å². The van der Waals surface area contributed by atoms with Gasteiger partial charge in [0.2, 0.25) is 0 Å². The molecule has 3 nitrogen and oxygen atoms in total. The summed E-state index contributed by atoms with van der Waals surface area (Å²) < 4.78 is 4.32. The highest BCUT2D eigenvalue weighted by molar-refractivity contribution is 5.65. The van der Waals surface area contributed by atoms with Gasteiger partial charge in [0.25, 0.3) is 0 Å². The number of rotatable bonds is 2. The molecule has 0 aromatic carbocycles. The third-order valence-electron chi connectivity index (χ3n) is 0.359. The minimum atomic E-state index is -0.326. The lowest BCUT2D eigenvalue weighted by Gasteiger charge is -1.90. The summed E-state index contributed by atoms with van der Waals surface area (Å²) in [5.41, 5.74) is 0. The summed E-state index contributed by atoms with van der Waals surface area (Å²) in [7, 11) is 0. The third-order valence-corrected chi connectivity index (χ3v) is 0.359. The fourth-order valence-corrected chi connectivity index (χ4v) is 0.137. The second-order valence-corrected chi connectivity index (χ2v) is 0.989. The summed E-state index contributed by atoms with van der Waals surface area (Å²) in [6.45, 7) is 4.49. The molecular formula is C4H7NO2. The van der Waals surface area contributed by atoms with Crippen LogP contribution in [0.5, 0.6) is 0 Å². The monoisotopic (exact) mass is 101 g/mol. The van der Waals surface area contributed by atoms with Gasteiger partial charge < -0.3 is 4.74 Å². The second-order valence-electron chi connectivity index (χ2n) is 0.989. The molecule has 0 N–H and O–H groups in total. The van der Waals surface area contributed by atoms with Crippen LogP contribution in [0.4, 0.5) is 0 Å². The molecule has 0 rings (SSSR count). The second kappa shape index (κ2) is 3.33. The normalized spacial score (nSPS) is 7.57. The van der Waals surface area contributed by atoms with E-state index < -0.39 is 0 Å². The zero-order valence-corrected chi connectivity index (χ0v) is 4.18. The largest absolute Gasteiger partial charge is 0.443 e. The summed E-state index contributed by atoms with van der Waals surface area (Å²) in [5, 5.41) is 0. The van der Waals surface area contributed by atoms with Crippen LogP contribution in [0.2, 0.25) is 0 Å². The molecule has 0 saturated heterocycles. The highest BCUT2D eigenvalue weighted by atomic mass is 16.5.